The number of hydrogen-bond acceptors (Lipinski definition) is 9. The predicted molar refractivity (Wildman–Crippen MR) is 93.6 cm³/mol. The third-order valence-electron chi connectivity index (χ3n) is 4.50. The van der Waals surface area contributed by atoms with Gasteiger partial charge in [-0.2, -0.15) is 5.26 Å². The highest BCUT2D eigenvalue weighted by atomic mass is 16.6. The van der Waals surface area contributed by atoms with E-state index in [1.54, 1.807) is 26.1 Å². The van der Waals surface area contributed by atoms with Crippen molar-refractivity contribution in [3.05, 3.63) is 23.7 Å². The Morgan fingerprint density at radius 2 is 2.04 bits per heavy atom. The molecule has 2 rings (SSSR count). The molecular weight excluding hydrogens is 372 g/mol. The summed E-state index contributed by atoms with van der Waals surface area (Å²) in [6.07, 6.45) is -0.594. The first kappa shape index (κ1) is 21.5. The van der Waals surface area contributed by atoms with Crippen molar-refractivity contribution in [2.75, 3.05) is 7.05 Å². The number of hydrogen-bond donors (Lipinski definition) is 7. The minimum absolute atomic E-state index is 0.0196. The maximum atomic E-state index is 12.1. The monoisotopic (exact) mass is 396 g/mol. The number of amides is 3. The van der Waals surface area contributed by atoms with Crippen LogP contribution in [-0.2, 0) is 4.79 Å². The first-order valence-electron chi connectivity index (χ1n) is 8.49. The molecule has 0 spiro atoms. The molecule has 154 valence electrons. The summed E-state index contributed by atoms with van der Waals surface area (Å²) in [4.78, 5) is 25.4. The van der Waals surface area contributed by atoms with Crippen LogP contribution in [0.25, 0.3) is 0 Å². The molecule has 0 bridgehead atoms. The lowest BCUT2D eigenvalue weighted by Gasteiger charge is -2.47. The van der Waals surface area contributed by atoms with E-state index in [1.807, 2.05) is 0 Å². The summed E-state index contributed by atoms with van der Waals surface area (Å²) in [6, 6.07) is -0.314. The normalized spacial score (nSPS) is 19.6. The molecular formula is C16H24N6O6. The number of carbonyl (C=O) groups is 2. The standard InChI is InChI=1S/C16H24N6O6/c1-8(2)11(16(27,28)22(15(25)26)10(23)4-6-17)21(3)13-9-5-7-18-12(9)19-14(24)20-13/h5,7-8,11-12,15,18,25-28H,4H2,1-3H3,(H2,19,20,24). The van der Waals surface area contributed by atoms with Crippen LogP contribution < -0.4 is 16.0 Å². The maximum Gasteiger partial charge on any atom is 0.322 e. The third-order valence-corrected chi connectivity index (χ3v) is 4.50. The fourth-order valence-electron chi connectivity index (χ4n) is 3.46. The molecule has 0 radical (unpaired) electrons. The van der Waals surface area contributed by atoms with Crippen LogP contribution in [0.3, 0.4) is 0 Å². The number of nitrogens with zero attached hydrogens (tertiary/aromatic N) is 3. The highest BCUT2D eigenvalue weighted by molar-refractivity contribution is 5.79. The van der Waals surface area contributed by atoms with Gasteiger partial charge in [0, 0.05) is 12.6 Å². The van der Waals surface area contributed by atoms with Crippen molar-refractivity contribution >= 4 is 11.9 Å². The van der Waals surface area contributed by atoms with E-state index < -0.39 is 48.8 Å². The zero-order valence-corrected chi connectivity index (χ0v) is 15.6. The molecule has 12 nitrogen and oxygen atoms in total. The lowest BCUT2D eigenvalue weighted by Crippen LogP contribution is -2.68. The summed E-state index contributed by atoms with van der Waals surface area (Å²) in [5.41, 5.74) is 0.600. The zero-order valence-electron chi connectivity index (χ0n) is 15.6. The molecule has 2 aliphatic rings. The van der Waals surface area contributed by atoms with Crippen molar-refractivity contribution in [3.8, 4) is 6.07 Å². The van der Waals surface area contributed by atoms with Gasteiger partial charge in [-0.15, -0.1) is 0 Å². The lowest BCUT2D eigenvalue weighted by molar-refractivity contribution is -0.344. The van der Waals surface area contributed by atoms with Crippen LogP contribution in [0.2, 0.25) is 0 Å². The average molecular weight is 396 g/mol. The molecule has 3 amide bonds. The molecule has 0 fully saturated rings. The molecule has 0 aromatic heterocycles. The van der Waals surface area contributed by atoms with Crippen LogP contribution in [0.5, 0.6) is 0 Å². The Bertz CT molecular complexity index is 740. The van der Waals surface area contributed by atoms with Gasteiger partial charge in [0.05, 0.1) is 6.07 Å². The van der Waals surface area contributed by atoms with Crippen LogP contribution in [0.4, 0.5) is 4.79 Å². The third kappa shape index (κ3) is 3.87. The van der Waals surface area contributed by atoms with E-state index in [4.69, 9.17) is 5.26 Å². The van der Waals surface area contributed by atoms with Crippen LogP contribution in [0.15, 0.2) is 23.7 Å². The fourth-order valence-corrected chi connectivity index (χ4v) is 3.46. The van der Waals surface area contributed by atoms with Gasteiger partial charge >= 0.3 is 6.03 Å². The molecule has 2 aliphatic heterocycles. The minimum Gasteiger partial charge on any atom is -0.367 e. The first-order chi connectivity index (χ1) is 13.0. The second kappa shape index (κ2) is 8.03. The molecule has 0 saturated carbocycles. The Kier molecular flexibility index (Phi) is 6.15. The highest BCUT2D eigenvalue weighted by Gasteiger charge is 2.50. The Labute approximate surface area is 161 Å². The smallest absolute Gasteiger partial charge is 0.322 e. The van der Waals surface area contributed by atoms with E-state index in [0.29, 0.717) is 5.57 Å². The SMILES string of the molecule is CC(C)C(N(C)C1=C2C=CNC2NC(=O)N1)C(O)(O)N(C(=O)CC#N)C(O)O. The molecule has 0 aromatic rings. The molecule has 0 saturated heterocycles. The van der Waals surface area contributed by atoms with Gasteiger partial charge < -0.3 is 36.0 Å². The summed E-state index contributed by atoms with van der Waals surface area (Å²) in [5, 5.41) is 57.5. The van der Waals surface area contributed by atoms with Gasteiger partial charge in [-0.25, -0.2) is 9.69 Å². The minimum atomic E-state index is -3.08. The summed E-state index contributed by atoms with van der Waals surface area (Å²) in [6.45, 7) is 3.24. The van der Waals surface area contributed by atoms with Crippen molar-refractivity contribution < 1.29 is 30.0 Å². The topological polar surface area (TPSA) is 181 Å². The number of urea groups is 1. The molecule has 7 N–H and O–H groups in total. The fraction of sp³-hybridized carbons (Fsp3) is 0.562. The number of rotatable bonds is 7. The quantitative estimate of drug-likeness (QED) is 0.230. The van der Waals surface area contributed by atoms with Crippen LogP contribution in [-0.4, -0.2) is 73.7 Å². The van der Waals surface area contributed by atoms with E-state index in [0.717, 1.165) is 0 Å². The average Bonchev–Trinajstić information content (AvgIpc) is 3.00. The van der Waals surface area contributed by atoms with Gasteiger partial charge in [-0.05, 0) is 18.2 Å². The van der Waals surface area contributed by atoms with Gasteiger partial charge in [-0.3, -0.25) is 10.1 Å². The molecule has 0 aromatic carbocycles. The number of nitrogens with one attached hydrogen (secondary N) is 3. The van der Waals surface area contributed by atoms with E-state index >= 15 is 0 Å². The predicted octanol–water partition coefficient (Wildman–Crippen LogP) is -2.44. The second-order valence-electron chi connectivity index (χ2n) is 6.77. The number of carbonyl (C=O) groups excluding carboxylic acids is 2. The lowest BCUT2D eigenvalue weighted by atomic mass is 9.96. The van der Waals surface area contributed by atoms with Gasteiger partial charge in [0.25, 0.3) is 5.91 Å². The second-order valence-corrected chi connectivity index (χ2v) is 6.77. The van der Waals surface area contributed by atoms with Gasteiger partial charge in [-0.1, -0.05) is 13.8 Å². The molecule has 28 heavy (non-hydrogen) atoms. The number of aliphatic hydroxyl groups excluding tert-OH is 1. The molecule has 0 aliphatic carbocycles. The van der Waals surface area contributed by atoms with Crippen molar-refractivity contribution in [3.63, 3.8) is 0 Å². The highest BCUT2D eigenvalue weighted by Crippen LogP contribution is 2.30. The Balaban J connectivity index is 2.48. The number of fused-ring (bicyclic) bond motifs is 1. The molecule has 2 atom stereocenters. The molecule has 2 heterocycles. The van der Waals surface area contributed by atoms with Crippen molar-refractivity contribution in [1.29, 1.82) is 5.26 Å². The summed E-state index contributed by atoms with van der Waals surface area (Å²) >= 11 is 0. The van der Waals surface area contributed by atoms with E-state index in [9.17, 15) is 30.0 Å². The van der Waals surface area contributed by atoms with Crippen molar-refractivity contribution in [1.82, 2.24) is 25.8 Å². The summed E-state index contributed by atoms with van der Waals surface area (Å²) in [5.74, 6) is -4.58. The first-order valence-corrected chi connectivity index (χ1v) is 8.49. The van der Waals surface area contributed by atoms with Gasteiger partial charge in [0.1, 0.15) is 24.4 Å². The van der Waals surface area contributed by atoms with E-state index in [1.165, 1.54) is 18.0 Å². The zero-order chi connectivity index (χ0) is 21.2. The maximum absolute atomic E-state index is 12.1. The Morgan fingerprint density at radius 1 is 1.39 bits per heavy atom. The molecule has 12 heteroatoms. The van der Waals surface area contributed by atoms with Crippen LogP contribution in [0, 0.1) is 17.2 Å². The van der Waals surface area contributed by atoms with Gasteiger partial charge in [0.15, 0.2) is 0 Å². The van der Waals surface area contributed by atoms with Gasteiger partial charge in [0.2, 0.25) is 12.3 Å². The number of likely N-dealkylation sites (N-methyl/N-ethyl adjacent to an activating group) is 1. The van der Waals surface area contributed by atoms with Crippen molar-refractivity contribution in [2.45, 2.75) is 44.8 Å². The van der Waals surface area contributed by atoms with E-state index in [-0.39, 0.29) is 10.7 Å². The molecule has 2 unspecified atom stereocenters. The van der Waals surface area contributed by atoms with Crippen molar-refractivity contribution in [2.24, 2.45) is 5.92 Å². The largest absolute Gasteiger partial charge is 0.367 e. The number of aliphatic hydroxyl groups is 4. The number of nitriles is 1. The Morgan fingerprint density at radius 3 is 2.57 bits per heavy atom. The summed E-state index contributed by atoms with van der Waals surface area (Å²) < 4.78 is 0. The Hall–Kier alpha value is -2.85. The van der Waals surface area contributed by atoms with Crippen LogP contribution >= 0.6 is 0 Å². The van der Waals surface area contributed by atoms with Crippen LogP contribution in [0.1, 0.15) is 20.3 Å². The summed E-state index contributed by atoms with van der Waals surface area (Å²) in [7, 11) is 1.46. The van der Waals surface area contributed by atoms with E-state index in [2.05, 4.69) is 16.0 Å².